The van der Waals surface area contributed by atoms with E-state index in [-0.39, 0.29) is 17.0 Å². The smallest absolute Gasteiger partial charge is 0.335 e. The molecular formula is C14H17NO3. The third-order valence-electron chi connectivity index (χ3n) is 3.49. The predicted molar refractivity (Wildman–Crippen MR) is 67.7 cm³/mol. The van der Waals surface area contributed by atoms with E-state index in [0.717, 1.165) is 25.7 Å². The van der Waals surface area contributed by atoms with Gasteiger partial charge in [-0.3, -0.25) is 4.79 Å². The molecule has 0 heterocycles. The van der Waals surface area contributed by atoms with Crippen LogP contribution in [-0.4, -0.2) is 22.5 Å². The van der Waals surface area contributed by atoms with Gasteiger partial charge in [0.25, 0.3) is 5.91 Å². The summed E-state index contributed by atoms with van der Waals surface area (Å²) in [5.41, 5.74) is 0.401. The Hall–Kier alpha value is -1.84. The molecule has 0 bridgehead atoms. The lowest BCUT2D eigenvalue weighted by molar-refractivity contribution is 0.0697. The number of carboxylic acids is 1. The van der Waals surface area contributed by atoms with Crippen molar-refractivity contribution >= 4 is 11.9 Å². The molecule has 0 spiro atoms. The van der Waals surface area contributed by atoms with Gasteiger partial charge < -0.3 is 10.4 Å². The van der Waals surface area contributed by atoms with Gasteiger partial charge in [0.1, 0.15) is 0 Å². The van der Waals surface area contributed by atoms with Crippen LogP contribution in [0.3, 0.4) is 0 Å². The molecule has 2 rings (SSSR count). The first-order valence-corrected chi connectivity index (χ1v) is 6.16. The van der Waals surface area contributed by atoms with Gasteiger partial charge in [-0.15, -0.1) is 0 Å². The molecule has 4 heteroatoms. The Balaban J connectivity index is 2.13. The van der Waals surface area contributed by atoms with Gasteiger partial charge in [-0.1, -0.05) is 18.9 Å². The molecule has 0 radical (unpaired) electrons. The van der Waals surface area contributed by atoms with Crippen LogP contribution in [0.2, 0.25) is 0 Å². The summed E-state index contributed by atoms with van der Waals surface area (Å²) in [6.07, 6.45) is 4.23. The summed E-state index contributed by atoms with van der Waals surface area (Å²) in [4.78, 5) is 22.9. The number of carboxylic acid groups (broad SMARTS) is 1. The molecule has 0 aliphatic heterocycles. The SMILES string of the molecule is CC1(NC(=O)c2cccc(C(=O)O)c2)CCCC1. The second kappa shape index (κ2) is 4.80. The summed E-state index contributed by atoms with van der Waals surface area (Å²) in [5.74, 6) is -1.21. The van der Waals surface area contributed by atoms with Crippen molar-refractivity contribution < 1.29 is 14.7 Å². The number of amides is 1. The lowest BCUT2D eigenvalue weighted by Gasteiger charge is -2.25. The van der Waals surface area contributed by atoms with E-state index in [1.807, 2.05) is 6.92 Å². The molecule has 0 saturated heterocycles. The molecule has 0 aromatic heterocycles. The standard InChI is InChI=1S/C14H17NO3/c1-14(7-2-3-8-14)15-12(16)10-5-4-6-11(9-10)13(17)18/h4-6,9H,2-3,7-8H2,1H3,(H,15,16)(H,17,18). The number of hydrogen-bond acceptors (Lipinski definition) is 2. The van der Waals surface area contributed by atoms with Crippen molar-refractivity contribution in [3.8, 4) is 0 Å². The second-order valence-corrected chi connectivity index (χ2v) is 5.11. The number of carbonyl (C=O) groups excluding carboxylic acids is 1. The van der Waals surface area contributed by atoms with E-state index < -0.39 is 5.97 Å². The maximum Gasteiger partial charge on any atom is 0.335 e. The van der Waals surface area contributed by atoms with Gasteiger partial charge in [-0.05, 0) is 38.0 Å². The number of rotatable bonds is 3. The summed E-state index contributed by atoms with van der Waals surface area (Å²) in [6, 6.07) is 6.13. The predicted octanol–water partition coefficient (Wildman–Crippen LogP) is 2.45. The van der Waals surface area contributed by atoms with Gasteiger partial charge >= 0.3 is 5.97 Å². The van der Waals surface area contributed by atoms with Gasteiger partial charge in [0.2, 0.25) is 0 Å². The molecule has 2 N–H and O–H groups in total. The maximum atomic E-state index is 12.1. The number of carbonyl (C=O) groups is 2. The average molecular weight is 247 g/mol. The van der Waals surface area contributed by atoms with Gasteiger partial charge in [0.05, 0.1) is 5.56 Å². The molecule has 1 fully saturated rings. The maximum absolute atomic E-state index is 12.1. The van der Waals surface area contributed by atoms with Crippen LogP contribution in [0, 0.1) is 0 Å². The highest BCUT2D eigenvalue weighted by Gasteiger charge is 2.30. The molecule has 1 aliphatic rings. The molecule has 1 amide bonds. The fraction of sp³-hybridized carbons (Fsp3) is 0.429. The van der Waals surface area contributed by atoms with Crippen LogP contribution in [0.1, 0.15) is 53.3 Å². The fourth-order valence-electron chi connectivity index (χ4n) is 2.42. The number of hydrogen-bond donors (Lipinski definition) is 2. The van der Waals surface area contributed by atoms with Crippen LogP contribution in [0.5, 0.6) is 0 Å². The Labute approximate surface area is 106 Å². The van der Waals surface area contributed by atoms with E-state index in [4.69, 9.17) is 5.11 Å². The zero-order valence-corrected chi connectivity index (χ0v) is 10.4. The molecule has 0 unspecified atom stereocenters. The Morgan fingerprint density at radius 3 is 2.44 bits per heavy atom. The highest BCUT2D eigenvalue weighted by atomic mass is 16.4. The van der Waals surface area contributed by atoms with Crippen LogP contribution in [-0.2, 0) is 0 Å². The Morgan fingerprint density at radius 2 is 1.83 bits per heavy atom. The first-order valence-electron chi connectivity index (χ1n) is 6.16. The summed E-state index contributed by atoms with van der Waals surface area (Å²) < 4.78 is 0. The van der Waals surface area contributed by atoms with E-state index in [1.165, 1.54) is 12.1 Å². The van der Waals surface area contributed by atoms with Crippen molar-refractivity contribution in [2.45, 2.75) is 38.1 Å². The van der Waals surface area contributed by atoms with Crippen molar-refractivity contribution in [1.29, 1.82) is 0 Å². The van der Waals surface area contributed by atoms with Crippen LogP contribution < -0.4 is 5.32 Å². The topological polar surface area (TPSA) is 66.4 Å². The third-order valence-corrected chi connectivity index (χ3v) is 3.49. The van der Waals surface area contributed by atoms with Crippen molar-refractivity contribution in [3.63, 3.8) is 0 Å². The van der Waals surface area contributed by atoms with Crippen molar-refractivity contribution in [1.82, 2.24) is 5.32 Å². The van der Waals surface area contributed by atoms with Gasteiger partial charge in [-0.2, -0.15) is 0 Å². The molecule has 1 saturated carbocycles. The number of aromatic carboxylic acids is 1. The van der Waals surface area contributed by atoms with E-state index >= 15 is 0 Å². The number of benzene rings is 1. The molecule has 1 aromatic carbocycles. The molecule has 18 heavy (non-hydrogen) atoms. The van der Waals surface area contributed by atoms with Crippen LogP contribution in [0.15, 0.2) is 24.3 Å². The van der Waals surface area contributed by atoms with Crippen molar-refractivity contribution in [2.24, 2.45) is 0 Å². The van der Waals surface area contributed by atoms with Gasteiger partial charge in [0, 0.05) is 11.1 Å². The minimum Gasteiger partial charge on any atom is -0.478 e. The highest BCUT2D eigenvalue weighted by molar-refractivity contribution is 5.97. The Bertz CT molecular complexity index is 476. The zero-order chi connectivity index (χ0) is 13.2. The zero-order valence-electron chi connectivity index (χ0n) is 10.4. The van der Waals surface area contributed by atoms with Crippen molar-refractivity contribution in [3.05, 3.63) is 35.4 Å². The minimum atomic E-state index is -1.02. The monoisotopic (exact) mass is 247 g/mol. The minimum absolute atomic E-state index is 0.138. The fourth-order valence-corrected chi connectivity index (χ4v) is 2.42. The molecule has 1 aliphatic carbocycles. The first-order chi connectivity index (χ1) is 8.50. The van der Waals surface area contributed by atoms with Gasteiger partial charge in [0.15, 0.2) is 0 Å². The van der Waals surface area contributed by atoms with Gasteiger partial charge in [-0.25, -0.2) is 4.79 Å². The Morgan fingerprint density at radius 1 is 1.22 bits per heavy atom. The lowest BCUT2D eigenvalue weighted by Crippen LogP contribution is -2.43. The summed E-state index contributed by atoms with van der Waals surface area (Å²) in [6.45, 7) is 2.04. The quantitative estimate of drug-likeness (QED) is 0.862. The van der Waals surface area contributed by atoms with Crippen LogP contribution in [0.25, 0.3) is 0 Å². The largest absolute Gasteiger partial charge is 0.478 e. The van der Waals surface area contributed by atoms with Crippen LogP contribution in [0.4, 0.5) is 0 Å². The average Bonchev–Trinajstić information content (AvgIpc) is 2.76. The van der Waals surface area contributed by atoms with E-state index in [0.29, 0.717) is 5.56 Å². The molecule has 1 aromatic rings. The van der Waals surface area contributed by atoms with Crippen molar-refractivity contribution in [2.75, 3.05) is 0 Å². The van der Waals surface area contributed by atoms with E-state index in [9.17, 15) is 9.59 Å². The Kier molecular flexibility index (Phi) is 3.36. The molecule has 4 nitrogen and oxygen atoms in total. The van der Waals surface area contributed by atoms with Crippen LogP contribution >= 0.6 is 0 Å². The molecule has 96 valence electrons. The summed E-state index contributed by atoms with van der Waals surface area (Å²) in [7, 11) is 0. The summed E-state index contributed by atoms with van der Waals surface area (Å²) in [5, 5.41) is 11.9. The first kappa shape index (κ1) is 12.6. The molecular weight excluding hydrogens is 230 g/mol. The summed E-state index contributed by atoms with van der Waals surface area (Å²) >= 11 is 0. The van der Waals surface area contributed by atoms with E-state index in [2.05, 4.69) is 5.32 Å². The normalized spacial score (nSPS) is 17.4. The lowest BCUT2D eigenvalue weighted by atomic mass is 9.99. The van der Waals surface area contributed by atoms with E-state index in [1.54, 1.807) is 12.1 Å². The second-order valence-electron chi connectivity index (χ2n) is 5.11. The number of nitrogens with one attached hydrogen (secondary N) is 1. The third kappa shape index (κ3) is 2.70. The molecule has 0 atom stereocenters. The highest BCUT2D eigenvalue weighted by Crippen LogP contribution is 2.29.